The molecule has 2 aliphatic rings. The van der Waals surface area contributed by atoms with E-state index in [0.717, 1.165) is 6.42 Å². The maximum atomic E-state index is 12.1. The van der Waals surface area contributed by atoms with Crippen molar-refractivity contribution < 1.29 is 17.8 Å². The fourth-order valence-electron chi connectivity index (χ4n) is 3.46. The number of hydrogen-bond donors (Lipinski definition) is 2. The zero-order valence-corrected chi connectivity index (χ0v) is 12.3. The van der Waals surface area contributed by atoms with Gasteiger partial charge in [-0.15, -0.1) is 0 Å². The predicted molar refractivity (Wildman–Crippen MR) is 68.1 cm³/mol. The van der Waals surface area contributed by atoms with E-state index >= 15 is 0 Å². The first kappa shape index (κ1) is 15.1. The molecule has 0 aromatic rings. The second-order valence-corrected chi connectivity index (χ2v) is 7.83. The molecule has 100 valence electrons. The molecule has 0 aromatic heterocycles. The normalized spacial score (nSPS) is 44.8. The molecule has 2 fully saturated rings. The van der Waals surface area contributed by atoms with Crippen molar-refractivity contribution in [1.29, 1.82) is 0 Å². The van der Waals surface area contributed by atoms with E-state index in [1.54, 1.807) is 6.92 Å². The fraction of sp³-hybridized carbons (Fsp3) is 0.900. The highest BCUT2D eigenvalue weighted by molar-refractivity contribution is 9.10. The maximum absolute atomic E-state index is 12.1. The highest BCUT2D eigenvalue weighted by Gasteiger charge is 2.68. The number of ketones is 1. The summed E-state index contributed by atoms with van der Waals surface area (Å²) in [4.78, 5) is 11.8. The van der Waals surface area contributed by atoms with Crippen LogP contribution in [-0.4, -0.2) is 29.3 Å². The molecule has 0 heterocycles. The quantitative estimate of drug-likeness (QED) is 0.594. The van der Waals surface area contributed by atoms with Gasteiger partial charge in [0.1, 0.15) is 0 Å². The Balaban J connectivity index is 0.00000144. The van der Waals surface area contributed by atoms with Gasteiger partial charge in [0, 0.05) is 10.8 Å². The van der Waals surface area contributed by atoms with Crippen LogP contribution < -0.4 is 6.15 Å². The van der Waals surface area contributed by atoms with Gasteiger partial charge in [0.05, 0.1) is 10.6 Å². The van der Waals surface area contributed by atoms with E-state index in [4.69, 9.17) is 4.55 Å². The van der Waals surface area contributed by atoms with Gasteiger partial charge in [-0.3, -0.25) is 9.35 Å². The molecule has 2 bridgehead atoms. The molecule has 0 amide bonds. The monoisotopic (exact) mass is 327 g/mol. The average molecular weight is 328 g/mol. The van der Waals surface area contributed by atoms with Crippen LogP contribution in [0.3, 0.4) is 0 Å². The first-order chi connectivity index (χ1) is 7.12. The molecule has 0 spiro atoms. The highest BCUT2D eigenvalue weighted by Crippen LogP contribution is 2.65. The highest BCUT2D eigenvalue weighted by atomic mass is 79.9. The molecule has 2 rings (SSSR count). The largest absolute Gasteiger partial charge is 0.344 e. The molecule has 0 aromatic carbocycles. The number of carbonyl (C=O) groups is 1. The van der Waals surface area contributed by atoms with Crippen LogP contribution in [0.4, 0.5) is 0 Å². The van der Waals surface area contributed by atoms with E-state index in [1.165, 1.54) is 0 Å². The van der Waals surface area contributed by atoms with Crippen molar-refractivity contribution in [2.24, 2.45) is 16.7 Å². The van der Waals surface area contributed by atoms with Crippen LogP contribution in [0.5, 0.6) is 0 Å². The van der Waals surface area contributed by atoms with Gasteiger partial charge in [0.2, 0.25) is 0 Å². The van der Waals surface area contributed by atoms with E-state index in [-0.39, 0.29) is 28.4 Å². The Morgan fingerprint density at radius 2 is 2.00 bits per heavy atom. The van der Waals surface area contributed by atoms with Crippen LogP contribution in [0, 0.1) is 16.7 Å². The second kappa shape index (κ2) is 4.01. The number of carbonyl (C=O) groups excluding carboxylic acids is 1. The van der Waals surface area contributed by atoms with Gasteiger partial charge in [-0.1, -0.05) is 29.8 Å². The van der Waals surface area contributed by atoms with Gasteiger partial charge < -0.3 is 6.15 Å². The molecule has 17 heavy (non-hydrogen) atoms. The lowest BCUT2D eigenvalue weighted by atomic mass is 9.70. The Hall–Kier alpha value is 0.0200. The third-order valence-electron chi connectivity index (χ3n) is 4.66. The molecule has 2 saturated carbocycles. The van der Waals surface area contributed by atoms with Gasteiger partial charge in [0.15, 0.2) is 5.78 Å². The van der Waals surface area contributed by atoms with Crippen molar-refractivity contribution in [3.63, 3.8) is 0 Å². The summed E-state index contributed by atoms with van der Waals surface area (Å²) < 4.78 is 31.2. The Morgan fingerprint density at radius 1 is 1.47 bits per heavy atom. The van der Waals surface area contributed by atoms with E-state index in [1.807, 2.05) is 6.92 Å². The molecule has 0 radical (unpaired) electrons. The number of hydrogen-bond acceptors (Lipinski definition) is 4. The van der Waals surface area contributed by atoms with Crippen LogP contribution in [0.25, 0.3) is 0 Å². The van der Waals surface area contributed by atoms with Gasteiger partial charge in [-0.25, -0.2) is 0 Å². The van der Waals surface area contributed by atoms with Crippen LogP contribution in [0.15, 0.2) is 0 Å². The summed E-state index contributed by atoms with van der Waals surface area (Å²) in [6, 6.07) is 0. The number of alkyl halides is 1. The molecule has 7 heteroatoms. The van der Waals surface area contributed by atoms with E-state index in [2.05, 4.69) is 15.9 Å². The minimum absolute atomic E-state index is 0. The van der Waals surface area contributed by atoms with Crippen LogP contribution >= 0.6 is 15.9 Å². The lowest BCUT2D eigenvalue weighted by Gasteiger charge is -2.35. The first-order valence-electron chi connectivity index (χ1n) is 5.25. The third-order valence-corrected chi connectivity index (χ3v) is 6.68. The molecule has 2 aliphatic carbocycles. The Bertz CT molecular complexity index is 451. The van der Waals surface area contributed by atoms with Crippen LogP contribution in [-0.2, 0) is 14.9 Å². The molecule has 4 atom stereocenters. The lowest BCUT2D eigenvalue weighted by Crippen LogP contribution is -2.40. The smallest absolute Gasteiger partial charge is 0.265 e. The van der Waals surface area contributed by atoms with Gasteiger partial charge in [0.25, 0.3) is 10.1 Å². The van der Waals surface area contributed by atoms with Crippen molar-refractivity contribution in [3.8, 4) is 0 Å². The molecule has 5 nitrogen and oxygen atoms in total. The number of fused-ring (bicyclic) bond motifs is 2. The molecule has 0 aliphatic heterocycles. The van der Waals surface area contributed by atoms with E-state index < -0.39 is 20.9 Å². The molecule has 0 saturated heterocycles. The van der Waals surface area contributed by atoms with Gasteiger partial charge in [-0.05, 0) is 18.8 Å². The zero-order valence-electron chi connectivity index (χ0n) is 9.94. The molecular formula is C10H18BrNO4S. The van der Waals surface area contributed by atoms with Crippen LogP contribution in [0.1, 0.15) is 26.7 Å². The summed E-state index contributed by atoms with van der Waals surface area (Å²) in [6.07, 6.45) is 1.55. The molecule has 4 N–H and O–H groups in total. The summed E-state index contributed by atoms with van der Waals surface area (Å²) in [5, 5.41) is 0. The Kier molecular flexibility index (Phi) is 3.56. The van der Waals surface area contributed by atoms with Crippen molar-refractivity contribution in [2.75, 3.05) is 5.75 Å². The summed E-state index contributed by atoms with van der Waals surface area (Å²) >= 11 is 3.35. The maximum Gasteiger partial charge on any atom is 0.265 e. The minimum atomic E-state index is -4.05. The summed E-state index contributed by atoms with van der Waals surface area (Å²) in [7, 11) is -4.05. The molecule has 1 unspecified atom stereocenters. The standard InChI is InChI=1S/C10H15BrO4S.H3N/c1-9-4-3-6(7(11)8(9)12)10(9,2)5-16(13,14)15;/h6-7H,3-5H2,1-2H3,(H,13,14,15);1H3/t6-,7+,9+,10?;/m1./s1. The third kappa shape index (κ3) is 1.87. The average Bonchev–Trinajstić information content (AvgIpc) is 2.40. The second-order valence-electron chi connectivity index (χ2n) is 5.39. The Morgan fingerprint density at radius 3 is 2.35 bits per heavy atom. The molecular weight excluding hydrogens is 310 g/mol. The number of Topliss-reactive ketones (excluding diaryl/α,β-unsaturated/α-hetero) is 1. The van der Waals surface area contributed by atoms with Crippen molar-refractivity contribution in [2.45, 2.75) is 31.5 Å². The SMILES string of the molecule is CC1(CS(=O)(=O)O)[C@@H]2CC[C@@]1(C)C(=O)[C@H]2Br.N. The summed E-state index contributed by atoms with van der Waals surface area (Å²) in [6.45, 7) is 3.62. The zero-order chi connectivity index (χ0) is 12.4. The Labute approximate surface area is 110 Å². The van der Waals surface area contributed by atoms with E-state index in [0.29, 0.717) is 6.42 Å². The van der Waals surface area contributed by atoms with Crippen LogP contribution in [0.2, 0.25) is 0 Å². The predicted octanol–water partition coefficient (Wildman–Crippen LogP) is 1.80. The minimum Gasteiger partial charge on any atom is -0.344 e. The van der Waals surface area contributed by atoms with Gasteiger partial charge in [-0.2, -0.15) is 8.42 Å². The summed E-state index contributed by atoms with van der Waals surface area (Å²) in [5.41, 5.74) is -1.27. The van der Waals surface area contributed by atoms with E-state index in [9.17, 15) is 13.2 Å². The first-order valence-corrected chi connectivity index (χ1v) is 7.78. The van der Waals surface area contributed by atoms with Crippen molar-refractivity contribution in [1.82, 2.24) is 6.15 Å². The topological polar surface area (TPSA) is 106 Å². The number of halogens is 1. The number of rotatable bonds is 2. The van der Waals surface area contributed by atoms with Crippen molar-refractivity contribution in [3.05, 3.63) is 0 Å². The van der Waals surface area contributed by atoms with Crippen molar-refractivity contribution >= 4 is 31.8 Å². The fourth-order valence-corrected chi connectivity index (χ4v) is 6.11. The summed E-state index contributed by atoms with van der Waals surface area (Å²) in [5.74, 6) is -0.239. The van der Waals surface area contributed by atoms with Gasteiger partial charge >= 0.3 is 0 Å². The lowest BCUT2D eigenvalue weighted by molar-refractivity contribution is -0.127.